The van der Waals surface area contributed by atoms with Crippen LogP contribution in [0.4, 0.5) is 0 Å². The largest absolute Gasteiger partial charge is 0.394 e. The summed E-state index contributed by atoms with van der Waals surface area (Å²) in [5.41, 5.74) is 11.4. The molecule has 158 valence electrons. The number of carbonyl (C=O) groups is 1. The lowest BCUT2D eigenvalue weighted by Crippen LogP contribution is -2.67. The Kier molecular flexibility index (Phi) is 8.30. The van der Waals surface area contributed by atoms with Crippen molar-refractivity contribution in [3.05, 3.63) is 0 Å². The van der Waals surface area contributed by atoms with Crippen LogP contribution in [0.15, 0.2) is 0 Å². The van der Waals surface area contributed by atoms with Gasteiger partial charge < -0.3 is 51.8 Å². The quantitative estimate of drug-likeness (QED) is 0.199. The number of aliphatic hydroxyl groups is 5. The van der Waals surface area contributed by atoms with Gasteiger partial charge in [-0.3, -0.25) is 10.1 Å². The maximum absolute atomic E-state index is 11.8. The van der Waals surface area contributed by atoms with E-state index in [2.05, 4.69) is 10.6 Å². The molecule has 11 N–H and O–H groups in total. The van der Waals surface area contributed by atoms with Gasteiger partial charge in [-0.1, -0.05) is 0 Å². The highest BCUT2D eigenvalue weighted by atomic mass is 16.7. The lowest BCUT2D eigenvalue weighted by molar-refractivity contribution is -0.310. The van der Waals surface area contributed by atoms with Crippen molar-refractivity contribution in [2.45, 2.75) is 74.5 Å². The Labute approximate surface area is 156 Å². The zero-order valence-electron chi connectivity index (χ0n) is 14.8. The Morgan fingerprint density at radius 3 is 2.56 bits per heavy atom. The summed E-state index contributed by atoms with van der Waals surface area (Å²) in [6.45, 7) is -0.167. The van der Waals surface area contributed by atoms with Gasteiger partial charge in [-0.2, -0.15) is 0 Å². The van der Waals surface area contributed by atoms with E-state index in [9.17, 15) is 30.3 Å². The van der Waals surface area contributed by atoms with E-state index in [0.29, 0.717) is 13.0 Å². The first-order chi connectivity index (χ1) is 12.8. The molecule has 12 heteroatoms. The lowest BCUT2D eigenvalue weighted by Gasteiger charge is -2.45. The first-order valence-corrected chi connectivity index (χ1v) is 8.93. The lowest BCUT2D eigenvalue weighted by atomic mass is 9.84. The summed E-state index contributed by atoms with van der Waals surface area (Å²) >= 11 is 0. The number of amides is 1. The molecule has 0 bridgehead atoms. The van der Waals surface area contributed by atoms with Crippen LogP contribution < -0.4 is 22.1 Å². The van der Waals surface area contributed by atoms with Crippen molar-refractivity contribution in [1.29, 1.82) is 0 Å². The van der Waals surface area contributed by atoms with Crippen molar-refractivity contribution in [1.82, 2.24) is 10.6 Å². The van der Waals surface area contributed by atoms with Gasteiger partial charge in [0.15, 0.2) is 12.5 Å². The summed E-state index contributed by atoms with van der Waals surface area (Å²) in [5, 5.41) is 54.4. The van der Waals surface area contributed by atoms with Gasteiger partial charge in [-0.05, 0) is 19.4 Å². The number of rotatable bonds is 7. The minimum absolute atomic E-state index is 0.125. The fraction of sp³-hybridized carbons (Fsp3) is 0.933. The van der Waals surface area contributed by atoms with E-state index in [1.807, 2.05) is 0 Å². The molecule has 2 fully saturated rings. The van der Waals surface area contributed by atoms with E-state index in [0.717, 1.165) is 0 Å². The van der Waals surface area contributed by atoms with E-state index in [-0.39, 0.29) is 18.7 Å². The van der Waals surface area contributed by atoms with Crippen LogP contribution in [0.5, 0.6) is 0 Å². The van der Waals surface area contributed by atoms with Crippen molar-refractivity contribution in [2.24, 2.45) is 11.5 Å². The molecule has 1 aliphatic carbocycles. The van der Waals surface area contributed by atoms with E-state index < -0.39 is 61.9 Å². The molecule has 0 aromatic carbocycles. The average Bonchev–Trinajstić information content (AvgIpc) is 2.62. The van der Waals surface area contributed by atoms with Gasteiger partial charge in [0.25, 0.3) is 0 Å². The Balaban J connectivity index is 1.96. The van der Waals surface area contributed by atoms with Crippen LogP contribution in [-0.4, -0.2) is 99.8 Å². The molecular formula is C15H30N4O8. The predicted molar refractivity (Wildman–Crippen MR) is 90.6 cm³/mol. The third-order valence-corrected chi connectivity index (χ3v) is 4.73. The molecule has 2 rings (SSSR count). The highest BCUT2D eigenvalue weighted by Gasteiger charge is 2.46. The molecule has 1 amide bonds. The average molecular weight is 394 g/mol. The Morgan fingerprint density at radius 2 is 1.93 bits per heavy atom. The number of carbonyl (C=O) groups excluding carboxylic acids is 1. The SMILES string of the molecule is NCCCC(=O)NC1CC(N)C(OC2OC(CO)[C@@H](O)N[C@H]2O)C(O)C1O. The van der Waals surface area contributed by atoms with Crippen molar-refractivity contribution in [2.75, 3.05) is 13.2 Å². The molecule has 2 aliphatic rings. The fourth-order valence-corrected chi connectivity index (χ4v) is 3.21. The van der Waals surface area contributed by atoms with E-state index in [4.69, 9.17) is 20.9 Å². The molecule has 0 aromatic rings. The maximum Gasteiger partial charge on any atom is 0.220 e. The molecule has 27 heavy (non-hydrogen) atoms. The molecule has 1 saturated heterocycles. The van der Waals surface area contributed by atoms with Gasteiger partial charge in [0.2, 0.25) is 5.91 Å². The van der Waals surface area contributed by atoms with Crippen LogP contribution >= 0.6 is 0 Å². The summed E-state index contributed by atoms with van der Waals surface area (Å²) in [7, 11) is 0. The first kappa shape index (κ1) is 22.4. The summed E-state index contributed by atoms with van der Waals surface area (Å²) in [5.74, 6) is -0.307. The standard InChI is InChI=1S/C15H30N4O8/c16-3-1-2-9(21)18-7-4-6(17)12(11(23)10(7)22)27-15-14(25)19-13(24)8(5-20)26-15/h6-8,10-15,19-20,22-25H,1-5,16-17H2,(H,18,21)/t6?,7?,8?,10?,11?,12?,13-,14+,15?/m1/s1. The monoisotopic (exact) mass is 394 g/mol. The second kappa shape index (κ2) is 10.0. The molecule has 7 unspecified atom stereocenters. The van der Waals surface area contributed by atoms with Crippen molar-refractivity contribution in [3.8, 4) is 0 Å². The zero-order chi connectivity index (χ0) is 20.1. The van der Waals surface area contributed by atoms with E-state index in [1.54, 1.807) is 0 Å². The van der Waals surface area contributed by atoms with Crippen molar-refractivity contribution in [3.63, 3.8) is 0 Å². The molecule has 0 aromatic heterocycles. The van der Waals surface area contributed by atoms with Crippen molar-refractivity contribution >= 4 is 5.91 Å². The number of morpholine rings is 1. The Hall–Kier alpha value is -0.930. The van der Waals surface area contributed by atoms with Gasteiger partial charge in [0.05, 0.1) is 12.6 Å². The highest BCUT2D eigenvalue weighted by Crippen LogP contribution is 2.25. The second-order valence-electron chi connectivity index (χ2n) is 6.83. The Morgan fingerprint density at radius 1 is 1.22 bits per heavy atom. The predicted octanol–water partition coefficient (Wildman–Crippen LogP) is -5.01. The van der Waals surface area contributed by atoms with Crippen LogP contribution in [-0.2, 0) is 14.3 Å². The topological polar surface area (TPSA) is 213 Å². The smallest absolute Gasteiger partial charge is 0.220 e. The summed E-state index contributed by atoms with van der Waals surface area (Å²) < 4.78 is 10.8. The van der Waals surface area contributed by atoms with Gasteiger partial charge in [0, 0.05) is 12.5 Å². The number of nitrogens with one attached hydrogen (secondary N) is 2. The number of hydrogen-bond donors (Lipinski definition) is 9. The molecular weight excluding hydrogens is 364 g/mol. The number of ether oxygens (including phenoxy) is 2. The zero-order valence-corrected chi connectivity index (χ0v) is 14.8. The van der Waals surface area contributed by atoms with Crippen LogP contribution in [0.25, 0.3) is 0 Å². The second-order valence-corrected chi connectivity index (χ2v) is 6.83. The normalized spacial score (nSPS) is 42.7. The number of hydrogen-bond acceptors (Lipinski definition) is 11. The van der Waals surface area contributed by atoms with Crippen LogP contribution in [0.2, 0.25) is 0 Å². The van der Waals surface area contributed by atoms with Gasteiger partial charge >= 0.3 is 0 Å². The Bertz CT molecular complexity index is 487. The molecule has 0 spiro atoms. The summed E-state index contributed by atoms with van der Waals surface area (Å²) in [4.78, 5) is 11.8. The fourth-order valence-electron chi connectivity index (χ4n) is 3.21. The third kappa shape index (κ3) is 5.54. The van der Waals surface area contributed by atoms with Gasteiger partial charge in [-0.15, -0.1) is 0 Å². The molecule has 1 heterocycles. The third-order valence-electron chi connectivity index (χ3n) is 4.73. The van der Waals surface area contributed by atoms with Crippen LogP contribution in [0.3, 0.4) is 0 Å². The molecule has 9 atom stereocenters. The minimum atomic E-state index is -1.45. The maximum atomic E-state index is 11.8. The minimum Gasteiger partial charge on any atom is -0.394 e. The highest BCUT2D eigenvalue weighted by molar-refractivity contribution is 5.76. The summed E-state index contributed by atoms with van der Waals surface area (Å²) in [6.07, 6.45) is -8.20. The first-order valence-electron chi connectivity index (χ1n) is 8.93. The number of nitrogens with two attached hydrogens (primary N) is 2. The van der Waals surface area contributed by atoms with E-state index >= 15 is 0 Å². The molecule has 1 aliphatic heterocycles. The molecule has 12 nitrogen and oxygen atoms in total. The van der Waals surface area contributed by atoms with Crippen molar-refractivity contribution < 1.29 is 39.8 Å². The van der Waals surface area contributed by atoms with Crippen LogP contribution in [0.1, 0.15) is 19.3 Å². The van der Waals surface area contributed by atoms with E-state index in [1.165, 1.54) is 0 Å². The number of aliphatic hydroxyl groups excluding tert-OH is 5. The summed E-state index contributed by atoms with van der Waals surface area (Å²) in [6, 6.07) is -1.54. The van der Waals surface area contributed by atoms with Gasteiger partial charge in [-0.25, -0.2) is 0 Å². The molecule has 1 saturated carbocycles. The van der Waals surface area contributed by atoms with Gasteiger partial charge in [0.1, 0.15) is 30.6 Å². The van der Waals surface area contributed by atoms with Crippen LogP contribution in [0, 0.1) is 0 Å². The molecule has 0 radical (unpaired) electrons.